The van der Waals surface area contributed by atoms with Gasteiger partial charge >= 0.3 is 0 Å². The second-order valence-corrected chi connectivity index (χ2v) is 3.56. The molecule has 1 N–H and O–H groups in total. The number of ether oxygens (including phenoxy) is 2. The van der Waals surface area contributed by atoms with Gasteiger partial charge in [-0.2, -0.15) is 0 Å². The summed E-state index contributed by atoms with van der Waals surface area (Å²) in [5.74, 6) is -0.0746. The number of nitrogens with one attached hydrogen (secondary N) is 1. The molecule has 1 aromatic rings. The Morgan fingerprint density at radius 1 is 1.47 bits per heavy atom. The Labute approximate surface area is 88.2 Å². The Morgan fingerprint density at radius 2 is 2.27 bits per heavy atom. The van der Waals surface area contributed by atoms with Crippen molar-refractivity contribution < 1.29 is 13.9 Å². The van der Waals surface area contributed by atoms with E-state index in [1.807, 2.05) is 6.07 Å². The number of halogens is 1. The van der Waals surface area contributed by atoms with Gasteiger partial charge in [-0.15, -0.1) is 0 Å². The van der Waals surface area contributed by atoms with E-state index in [9.17, 15) is 4.39 Å². The fourth-order valence-electron chi connectivity index (χ4n) is 1.39. The Balaban J connectivity index is 1.93. The van der Waals surface area contributed by atoms with Gasteiger partial charge in [0.25, 0.3) is 0 Å². The van der Waals surface area contributed by atoms with Crippen molar-refractivity contribution in [2.75, 3.05) is 20.2 Å². The number of hydrogen-bond acceptors (Lipinski definition) is 3. The molecule has 0 spiro atoms. The molecule has 15 heavy (non-hydrogen) atoms. The van der Waals surface area contributed by atoms with Gasteiger partial charge in [0, 0.05) is 13.1 Å². The molecule has 2 rings (SSSR count). The zero-order chi connectivity index (χ0) is 10.7. The van der Waals surface area contributed by atoms with Crippen molar-refractivity contribution in [1.29, 1.82) is 0 Å². The minimum absolute atomic E-state index is 0.268. The van der Waals surface area contributed by atoms with E-state index in [-0.39, 0.29) is 17.7 Å². The Morgan fingerprint density at radius 3 is 2.80 bits per heavy atom. The summed E-state index contributed by atoms with van der Waals surface area (Å²) in [6.07, 6.45) is 0.273. The number of benzene rings is 1. The first-order valence-corrected chi connectivity index (χ1v) is 4.94. The molecule has 1 saturated heterocycles. The van der Waals surface area contributed by atoms with E-state index in [1.165, 1.54) is 13.2 Å². The van der Waals surface area contributed by atoms with E-state index in [2.05, 4.69) is 5.32 Å². The lowest BCUT2D eigenvalue weighted by Crippen LogP contribution is -2.48. The molecule has 0 aromatic heterocycles. The van der Waals surface area contributed by atoms with Gasteiger partial charge in [-0.25, -0.2) is 4.39 Å². The summed E-state index contributed by atoms with van der Waals surface area (Å²) in [7, 11) is 1.45. The molecule has 0 unspecified atom stereocenters. The second kappa shape index (κ2) is 4.59. The van der Waals surface area contributed by atoms with Gasteiger partial charge in [-0.05, 0) is 17.7 Å². The summed E-state index contributed by atoms with van der Waals surface area (Å²) in [6, 6.07) is 4.88. The molecule has 0 atom stereocenters. The number of rotatable bonds is 4. The highest BCUT2D eigenvalue weighted by atomic mass is 19.1. The van der Waals surface area contributed by atoms with Crippen LogP contribution >= 0.6 is 0 Å². The summed E-state index contributed by atoms with van der Waals surface area (Å²) >= 11 is 0. The molecular formula is C11H14FNO2. The van der Waals surface area contributed by atoms with Gasteiger partial charge < -0.3 is 14.8 Å². The second-order valence-electron chi connectivity index (χ2n) is 3.56. The van der Waals surface area contributed by atoms with Crippen molar-refractivity contribution in [1.82, 2.24) is 5.32 Å². The van der Waals surface area contributed by atoms with Crippen molar-refractivity contribution >= 4 is 0 Å². The summed E-state index contributed by atoms with van der Waals surface area (Å²) in [4.78, 5) is 0. The monoisotopic (exact) mass is 211 g/mol. The maximum atomic E-state index is 13.3. The molecule has 82 valence electrons. The highest BCUT2D eigenvalue weighted by Gasteiger charge is 2.16. The summed E-state index contributed by atoms with van der Waals surface area (Å²) < 4.78 is 23.6. The lowest BCUT2D eigenvalue weighted by molar-refractivity contribution is 0.00746. The van der Waals surface area contributed by atoms with E-state index in [4.69, 9.17) is 9.47 Å². The average Bonchev–Trinajstić information content (AvgIpc) is 2.16. The maximum absolute atomic E-state index is 13.3. The number of hydrogen-bond donors (Lipinski definition) is 1. The Hall–Kier alpha value is -1.13. The minimum atomic E-state index is -0.342. The van der Waals surface area contributed by atoms with Gasteiger partial charge in [0.05, 0.1) is 19.8 Å². The molecule has 3 nitrogen and oxygen atoms in total. The van der Waals surface area contributed by atoms with Gasteiger partial charge in [0.15, 0.2) is 11.6 Å². The molecule has 1 aliphatic rings. The van der Waals surface area contributed by atoms with Crippen LogP contribution in [0.2, 0.25) is 0 Å². The van der Waals surface area contributed by atoms with E-state index in [0.717, 1.165) is 18.7 Å². The highest BCUT2D eigenvalue weighted by Crippen LogP contribution is 2.18. The average molecular weight is 211 g/mol. The molecule has 0 saturated carbocycles. The van der Waals surface area contributed by atoms with Crippen LogP contribution in [0.5, 0.6) is 5.75 Å². The fourth-order valence-corrected chi connectivity index (χ4v) is 1.39. The maximum Gasteiger partial charge on any atom is 0.165 e. The predicted octanol–water partition coefficient (Wildman–Crippen LogP) is 1.32. The molecule has 1 aromatic carbocycles. The van der Waals surface area contributed by atoms with Crippen LogP contribution in [-0.2, 0) is 11.3 Å². The standard InChI is InChI=1S/C11H14FNO2/c1-14-11-3-2-8(4-10(11)12)7-15-9-5-13-6-9/h2-4,9,13H,5-7H2,1H3. The summed E-state index contributed by atoms with van der Waals surface area (Å²) in [5.41, 5.74) is 0.834. The van der Waals surface area contributed by atoms with Crippen molar-refractivity contribution in [2.45, 2.75) is 12.7 Å². The molecule has 1 aliphatic heterocycles. The lowest BCUT2D eigenvalue weighted by atomic mass is 10.2. The van der Waals surface area contributed by atoms with Crippen LogP contribution < -0.4 is 10.1 Å². The molecule has 0 bridgehead atoms. The number of methoxy groups -OCH3 is 1. The third-order valence-electron chi connectivity index (χ3n) is 2.45. The van der Waals surface area contributed by atoms with Crippen molar-refractivity contribution in [3.63, 3.8) is 0 Å². The smallest absolute Gasteiger partial charge is 0.165 e. The quantitative estimate of drug-likeness (QED) is 0.814. The van der Waals surface area contributed by atoms with Crippen LogP contribution in [0.15, 0.2) is 18.2 Å². The molecule has 4 heteroatoms. The van der Waals surface area contributed by atoms with Gasteiger partial charge in [0.2, 0.25) is 0 Å². The van der Waals surface area contributed by atoms with E-state index >= 15 is 0 Å². The first kappa shape index (κ1) is 10.4. The topological polar surface area (TPSA) is 30.5 Å². The van der Waals surface area contributed by atoms with Crippen molar-refractivity contribution in [2.24, 2.45) is 0 Å². The SMILES string of the molecule is COc1ccc(COC2CNC2)cc1F. The van der Waals surface area contributed by atoms with Crippen LogP contribution in [0, 0.1) is 5.82 Å². The molecule has 0 aliphatic carbocycles. The predicted molar refractivity (Wildman–Crippen MR) is 54.4 cm³/mol. The first-order valence-electron chi connectivity index (χ1n) is 4.94. The van der Waals surface area contributed by atoms with Crippen LogP contribution in [0.1, 0.15) is 5.56 Å². The summed E-state index contributed by atoms with van der Waals surface area (Å²) in [5, 5.41) is 3.11. The van der Waals surface area contributed by atoms with E-state index in [0.29, 0.717) is 6.61 Å². The third kappa shape index (κ3) is 2.46. The third-order valence-corrected chi connectivity index (χ3v) is 2.45. The molecule has 0 amide bonds. The lowest BCUT2D eigenvalue weighted by Gasteiger charge is -2.27. The molecule has 1 fully saturated rings. The minimum Gasteiger partial charge on any atom is -0.494 e. The van der Waals surface area contributed by atoms with Gasteiger partial charge in [0.1, 0.15) is 0 Å². The van der Waals surface area contributed by atoms with E-state index in [1.54, 1.807) is 6.07 Å². The molecular weight excluding hydrogens is 197 g/mol. The van der Waals surface area contributed by atoms with Crippen molar-refractivity contribution in [3.05, 3.63) is 29.6 Å². The largest absolute Gasteiger partial charge is 0.494 e. The normalized spacial score (nSPS) is 16.1. The van der Waals surface area contributed by atoms with Crippen molar-refractivity contribution in [3.8, 4) is 5.75 Å². The van der Waals surface area contributed by atoms with Crippen LogP contribution in [0.3, 0.4) is 0 Å². The Kier molecular flexibility index (Phi) is 3.18. The van der Waals surface area contributed by atoms with Gasteiger partial charge in [-0.1, -0.05) is 6.07 Å². The summed E-state index contributed by atoms with van der Waals surface area (Å²) in [6.45, 7) is 2.23. The molecule has 0 radical (unpaired) electrons. The fraction of sp³-hybridized carbons (Fsp3) is 0.455. The Bertz CT molecular complexity index is 339. The van der Waals surface area contributed by atoms with E-state index < -0.39 is 0 Å². The molecule has 1 heterocycles. The van der Waals surface area contributed by atoms with Crippen LogP contribution in [-0.4, -0.2) is 26.3 Å². The zero-order valence-corrected chi connectivity index (χ0v) is 8.63. The zero-order valence-electron chi connectivity index (χ0n) is 8.63. The van der Waals surface area contributed by atoms with Crippen LogP contribution in [0.4, 0.5) is 4.39 Å². The van der Waals surface area contributed by atoms with Crippen LogP contribution in [0.25, 0.3) is 0 Å². The van der Waals surface area contributed by atoms with Gasteiger partial charge in [-0.3, -0.25) is 0 Å². The highest BCUT2D eigenvalue weighted by molar-refractivity contribution is 5.28. The first-order chi connectivity index (χ1) is 7.29.